The van der Waals surface area contributed by atoms with Gasteiger partial charge in [0.2, 0.25) is 0 Å². The smallest absolute Gasteiger partial charge is 0.190 e. The Morgan fingerprint density at radius 1 is 0.957 bits per heavy atom. The summed E-state index contributed by atoms with van der Waals surface area (Å²) in [5.41, 5.74) is 0. The number of unbranched alkanes of at least 4 members (excludes halogenated alkanes) is 2. The van der Waals surface area contributed by atoms with Crippen LogP contribution < -0.4 is 15.4 Å². The van der Waals surface area contributed by atoms with Gasteiger partial charge in [0, 0.05) is 33.9 Å². The van der Waals surface area contributed by atoms with Gasteiger partial charge in [-0.05, 0) is 37.8 Å². The van der Waals surface area contributed by atoms with Crippen molar-refractivity contribution in [3.8, 4) is 5.75 Å². The van der Waals surface area contributed by atoms with Crippen molar-refractivity contribution in [1.29, 1.82) is 0 Å². The van der Waals surface area contributed by atoms with Crippen LogP contribution in [0.4, 0.5) is 0 Å². The summed E-state index contributed by atoms with van der Waals surface area (Å²) in [5, 5.41) is 6.60. The summed E-state index contributed by atoms with van der Waals surface area (Å²) in [5.74, 6) is 1.77. The molecule has 0 bridgehead atoms. The first-order chi connectivity index (χ1) is 10.9. The van der Waals surface area contributed by atoms with Crippen molar-refractivity contribution in [2.24, 2.45) is 4.99 Å². The monoisotopic (exact) mass is 435 g/mol. The van der Waals surface area contributed by atoms with Gasteiger partial charge in [0.25, 0.3) is 0 Å². The molecule has 1 aromatic rings. The highest BCUT2D eigenvalue weighted by molar-refractivity contribution is 14.0. The quantitative estimate of drug-likeness (QED) is 0.243. The van der Waals surface area contributed by atoms with Gasteiger partial charge in [-0.1, -0.05) is 18.2 Å². The lowest BCUT2D eigenvalue weighted by Crippen LogP contribution is -2.38. The molecule has 0 aromatic heterocycles. The van der Waals surface area contributed by atoms with Gasteiger partial charge in [0.15, 0.2) is 5.96 Å². The normalized spacial score (nSPS) is 10.8. The Morgan fingerprint density at radius 2 is 1.65 bits per heavy atom. The Kier molecular flexibility index (Phi) is 15.2. The molecule has 6 heteroatoms. The van der Waals surface area contributed by atoms with E-state index in [-0.39, 0.29) is 24.0 Å². The molecule has 0 atom stereocenters. The van der Waals surface area contributed by atoms with E-state index in [1.165, 1.54) is 6.42 Å². The summed E-state index contributed by atoms with van der Waals surface area (Å²) >= 11 is 0. The van der Waals surface area contributed by atoms with Gasteiger partial charge in [0.1, 0.15) is 5.75 Å². The lowest BCUT2D eigenvalue weighted by molar-refractivity contribution is 0.192. The molecule has 0 saturated carbocycles. The predicted octanol–water partition coefficient (Wildman–Crippen LogP) is 3.06. The zero-order valence-corrected chi connectivity index (χ0v) is 16.5. The van der Waals surface area contributed by atoms with Crippen LogP contribution >= 0.6 is 24.0 Å². The number of ether oxygens (including phenoxy) is 2. The van der Waals surface area contributed by atoms with Gasteiger partial charge in [-0.25, -0.2) is 0 Å². The molecule has 0 heterocycles. The topological polar surface area (TPSA) is 54.9 Å². The van der Waals surface area contributed by atoms with Gasteiger partial charge < -0.3 is 20.1 Å². The fourth-order valence-electron chi connectivity index (χ4n) is 1.96. The molecule has 1 rings (SSSR count). The van der Waals surface area contributed by atoms with Crippen molar-refractivity contribution in [2.45, 2.75) is 25.7 Å². The maximum atomic E-state index is 5.65. The van der Waals surface area contributed by atoms with Crippen LogP contribution in [0.1, 0.15) is 25.7 Å². The van der Waals surface area contributed by atoms with Crippen molar-refractivity contribution in [1.82, 2.24) is 10.6 Å². The summed E-state index contributed by atoms with van der Waals surface area (Å²) < 4.78 is 10.7. The summed E-state index contributed by atoms with van der Waals surface area (Å²) in [7, 11) is 3.53. The highest BCUT2D eigenvalue weighted by Gasteiger charge is 1.97. The van der Waals surface area contributed by atoms with Crippen molar-refractivity contribution in [3.05, 3.63) is 30.3 Å². The first-order valence-corrected chi connectivity index (χ1v) is 7.98. The third kappa shape index (κ3) is 12.1. The number of nitrogens with one attached hydrogen (secondary N) is 2. The van der Waals surface area contributed by atoms with Crippen LogP contribution in [-0.4, -0.2) is 46.4 Å². The number of benzene rings is 1. The lowest BCUT2D eigenvalue weighted by atomic mass is 10.2. The van der Waals surface area contributed by atoms with Crippen molar-refractivity contribution >= 4 is 29.9 Å². The molecule has 2 N–H and O–H groups in total. The van der Waals surface area contributed by atoms with Crippen molar-refractivity contribution in [3.63, 3.8) is 0 Å². The zero-order chi connectivity index (χ0) is 15.9. The number of hydrogen-bond donors (Lipinski definition) is 2. The molecular weight excluding hydrogens is 405 g/mol. The van der Waals surface area contributed by atoms with Crippen LogP contribution in [0.3, 0.4) is 0 Å². The second-order valence-electron chi connectivity index (χ2n) is 4.99. The van der Waals surface area contributed by atoms with Gasteiger partial charge in [-0.3, -0.25) is 4.99 Å². The fraction of sp³-hybridized carbons (Fsp3) is 0.588. The average Bonchev–Trinajstić information content (AvgIpc) is 2.56. The molecule has 0 fully saturated rings. The third-order valence-electron chi connectivity index (χ3n) is 3.17. The molecule has 1 aromatic carbocycles. The lowest BCUT2D eigenvalue weighted by Gasteiger charge is -2.12. The number of aliphatic imine (C=N–C) groups is 1. The fourth-order valence-corrected chi connectivity index (χ4v) is 1.96. The van der Waals surface area contributed by atoms with Crippen LogP contribution in [0.5, 0.6) is 5.75 Å². The van der Waals surface area contributed by atoms with E-state index in [2.05, 4.69) is 15.6 Å². The number of nitrogens with zero attached hydrogens (tertiary/aromatic N) is 1. The molecule has 0 unspecified atom stereocenters. The minimum atomic E-state index is 0. The first kappa shape index (κ1) is 22.0. The number of para-hydroxylation sites is 1. The summed E-state index contributed by atoms with van der Waals surface area (Å²) in [6, 6.07) is 9.88. The summed E-state index contributed by atoms with van der Waals surface area (Å²) in [6.45, 7) is 3.32. The van der Waals surface area contributed by atoms with E-state index in [1.807, 2.05) is 30.3 Å². The van der Waals surface area contributed by atoms with E-state index in [0.29, 0.717) is 6.61 Å². The van der Waals surface area contributed by atoms with Crippen LogP contribution in [0.2, 0.25) is 0 Å². The maximum absolute atomic E-state index is 5.65. The second-order valence-corrected chi connectivity index (χ2v) is 4.99. The van der Waals surface area contributed by atoms with E-state index in [0.717, 1.165) is 50.7 Å². The van der Waals surface area contributed by atoms with Crippen LogP contribution in [0, 0.1) is 0 Å². The van der Waals surface area contributed by atoms with Gasteiger partial charge >= 0.3 is 0 Å². The largest absolute Gasteiger partial charge is 0.494 e. The number of methoxy groups -OCH3 is 1. The molecule has 0 spiro atoms. The molecule has 0 radical (unpaired) electrons. The number of guanidine groups is 1. The highest BCUT2D eigenvalue weighted by atomic mass is 127. The van der Waals surface area contributed by atoms with E-state index in [9.17, 15) is 0 Å². The van der Waals surface area contributed by atoms with Gasteiger partial charge in [-0.2, -0.15) is 0 Å². The third-order valence-corrected chi connectivity index (χ3v) is 3.17. The van der Waals surface area contributed by atoms with Crippen LogP contribution in [0.15, 0.2) is 35.3 Å². The number of halogens is 1. The minimum absolute atomic E-state index is 0. The Labute approximate surface area is 157 Å². The predicted molar refractivity (Wildman–Crippen MR) is 107 cm³/mol. The van der Waals surface area contributed by atoms with Crippen molar-refractivity contribution in [2.75, 3.05) is 40.5 Å². The molecule has 23 heavy (non-hydrogen) atoms. The standard InChI is InChI=1S/C17H29N3O2.HI/c1-18-17(19-12-7-4-8-14-21-2)20-13-9-15-22-16-10-5-3-6-11-16;/h3,5-6,10-11H,4,7-9,12-15H2,1-2H3,(H2,18,19,20);1H. The molecule has 132 valence electrons. The van der Waals surface area contributed by atoms with E-state index >= 15 is 0 Å². The molecule has 0 aliphatic rings. The number of hydrogen-bond acceptors (Lipinski definition) is 3. The van der Waals surface area contributed by atoms with Crippen LogP contribution in [-0.2, 0) is 4.74 Å². The van der Waals surface area contributed by atoms with Gasteiger partial charge in [0.05, 0.1) is 6.61 Å². The Balaban J connectivity index is 0.00000484. The SMILES string of the molecule is CN=C(NCCCCCOC)NCCCOc1ccccc1.I. The average molecular weight is 435 g/mol. The summed E-state index contributed by atoms with van der Waals surface area (Å²) in [4.78, 5) is 4.21. The number of rotatable bonds is 11. The molecular formula is C17H30IN3O2. The Bertz CT molecular complexity index is 402. The Morgan fingerprint density at radius 3 is 2.30 bits per heavy atom. The minimum Gasteiger partial charge on any atom is -0.494 e. The Hall–Kier alpha value is -1.02. The van der Waals surface area contributed by atoms with Crippen molar-refractivity contribution < 1.29 is 9.47 Å². The van der Waals surface area contributed by atoms with Crippen LogP contribution in [0.25, 0.3) is 0 Å². The molecule has 0 aliphatic heterocycles. The molecule has 0 saturated heterocycles. The van der Waals surface area contributed by atoms with E-state index in [1.54, 1.807) is 14.2 Å². The first-order valence-electron chi connectivity index (χ1n) is 7.98. The highest BCUT2D eigenvalue weighted by Crippen LogP contribution is 2.07. The van der Waals surface area contributed by atoms with Gasteiger partial charge in [-0.15, -0.1) is 24.0 Å². The van der Waals surface area contributed by atoms with E-state index in [4.69, 9.17) is 9.47 Å². The van der Waals surface area contributed by atoms with E-state index < -0.39 is 0 Å². The maximum Gasteiger partial charge on any atom is 0.190 e. The molecule has 0 aliphatic carbocycles. The molecule has 5 nitrogen and oxygen atoms in total. The second kappa shape index (κ2) is 15.9. The zero-order valence-electron chi connectivity index (χ0n) is 14.2. The molecule has 0 amide bonds. The summed E-state index contributed by atoms with van der Waals surface area (Å²) in [6.07, 6.45) is 4.34.